The Morgan fingerprint density at radius 1 is 1.03 bits per heavy atom. The summed E-state index contributed by atoms with van der Waals surface area (Å²) in [6.07, 6.45) is 11.8. The number of phenolic OH excluding ortho intramolecular Hbond substituents is 1. The number of hydrogen-bond donors (Lipinski definition) is 2. The van der Waals surface area contributed by atoms with Crippen LogP contribution in [0.15, 0.2) is 48.5 Å². The number of halogens is 1. The van der Waals surface area contributed by atoms with E-state index in [0.717, 1.165) is 11.1 Å². The molecule has 0 aliphatic carbocycles. The van der Waals surface area contributed by atoms with Crippen molar-refractivity contribution in [1.82, 2.24) is 29.6 Å². The summed E-state index contributed by atoms with van der Waals surface area (Å²) in [5.41, 5.74) is 4.63. The zero-order valence-corrected chi connectivity index (χ0v) is 22.9. The number of thioether (sulfide) groups is 1. The monoisotopic (exact) mass is 539 g/mol. The van der Waals surface area contributed by atoms with E-state index in [9.17, 15) is 9.50 Å². The minimum atomic E-state index is -0.404. The number of aromatic hydroxyl groups is 1. The predicted octanol–water partition coefficient (Wildman–Crippen LogP) is 5.92. The van der Waals surface area contributed by atoms with E-state index in [0.29, 0.717) is 26.9 Å². The summed E-state index contributed by atoms with van der Waals surface area (Å²) in [6.45, 7) is 2.64. The van der Waals surface area contributed by atoms with Gasteiger partial charge in [-0.15, -0.1) is 11.3 Å². The van der Waals surface area contributed by atoms with Crippen molar-refractivity contribution < 1.29 is 9.50 Å². The van der Waals surface area contributed by atoms with Gasteiger partial charge in [0.15, 0.2) is 5.82 Å². The van der Waals surface area contributed by atoms with Gasteiger partial charge in [-0.2, -0.15) is 16.9 Å². The lowest BCUT2D eigenvalue weighted by molar-refractivity contribution is 0.418. The van der Waals surface area contributed by atoms with Crippen LogP contribution in [0.2, 0.25) is 0 Å². The van der Waals surface area contributed by atoms with E-state index < -0.39 is 5.82 Å². The van der Waals surface area contributed by atoms with Gasteiger partial charge < -0.3 is 15.3 Å². The molecule has 0 amide bonds. The van der Waals surface area contributed by atoms with Gasteiger partial charge in [0.25, 0.3) is 0 Å². The first-order valence-electron chi connectivity index (χ1n) is 11.8. The molecule has 8 nitrogen and oxygen atoms in total. The molecule has 0 spiro atoms. The number of likely N-dealkylation sites (tertiary alicyclic amines) is 1. The summed E-state index contributed by atoms with van der Waals surface area (Å²) in [5.74, 6) is -0.0834. The Morgan fingerprint density at radius 2 is 1.78 bits per heavy atom. The van der Waals surface area contributed by atoms with Crippen LogP contribution in [-0.2, 0) is 7.05 Å². The minimum absolute atomic E-state index is 0.00118. The molecule has 37 heavy (non-hydrogen) atoms. The Bertz CT molecular complexity index is 1480. The molecule has 2 N–H and O–H groups in total. The summed E-state index contributed by atoms with van der Waals surface area (Å²) in [7, 11) is 4.00. The Kier molecular flexibility index (Phi) is 8.91. The number of thiazole rings is 1. The second-order valence-corrected chi connectivity index (χ2v) is 10.4. The third-order valence-corrected chi connectivity index (χ3v) is 6.61. The van der Waals surface area contributed by atoms with Crippen LogP contribution in [0, 0.1) is 5.82 Å². The lowest BCUT2D eigenvalue weighted by Gasteiger charge is -2.11. The third-order valence-electron chi connectivity index (χ3n) is 5.78. The standard InChI is InChI=1S/C19H13FN6OS.C5H11N.C2H6S/c1-26-7-11(6-24-26)10-4-14-16(15(27)5-10)19(22-8-21-14)25-12-2-3-13-18(17(12)20)28-9-23-13;1-6-4-2-3-5-6;1-3-2/h2-9,27H,1H3,(H,21,22,25);2-5H2,1H3;1-2H3. The molecular formula is C26H30FN7OS2. The van der Waals surface area contributed by atoms with Gasteiger partial charge in [0.1, 0.15) is 17.9 Å². The number of nitrogens with one attached hydrogen (secondary N) is 1. The highest BCUT2D eigenvalue weighted by Gasteiger charge is 2.15. The molecule has 0 atom stereocenters. The average molecular weight is 540 g/mol. The molecule has 11 heteroatoms. The van der Waals surface area contributed by atoms with Crippen molar-refractivity contribution in [2.45, 2.75) is 12.8 Å². The number of aromatic nitrogens is 5. The van der Waals surface area contributed by atoms with Crippen molar-refractivity contribution >= 4 is 55.7 Å². The highest BCUT2D eigenvalue weighted by Crippen LogP contribution is 2.36. The van der Waals surface area contributed by atoms with Crippen molar-refractivity contribution in [3.63, 3.8) is 0 Å². The van der Waals surface area contributed by atoms with E-state index in [4.69, 9.17) is 0 Å². The molecule has 2 aromatic carbocycles. The van der Waals surface area contributed by atoms with E-state index in [-0.39, 0.29) is 11.4 Å². The van der Waals surface area contributed by atoms with E-state index in [1.54, 1.807) is 46.4 Å². The van der Waals surface area contributed by atoms with Crippen LogP contribution in [0.25, 0.3) is 32.2 Å². The fourth-order valence-electron chi connectivity index (χ4n) is 4.00. The Balaban J connectivity index is 0.000000305. The number of phenols is 1. The Morgan fingerprint density at radius 3 is 2.43 bits per heavy atom. The van der Waals surface area contributed by atoms with Crippen LogP contribution in [-0.4, -0.2) is 67.4 Å². The van der Waals surface area contributed by atoms with Crippen LogP contribution >= 0.6 is 23.1 Å². The lowest BCUT2D eigenvalue weighted by Crippen LogP contribution is -2.10. The lowest BCUT2D eigenvalue weighted by atomic mass is 10.1. The average Bonchev–Trinajstić information content (AvgIpc) is 3.64. The van der Waals surface area contributed by atoms with Gasteiger partial charge in [0, 0.05) is 18.8 Å². The van der Waals surface area contributed by atoms with E-state index >= 15 is 0 Å². The van der Waals surface area contributed by atoms with Crippen molar-refractivity contribution in [2.24, 2.45) is 7.05 Å². The molecule has 0 unspecified atom stereocenters. The third kappa shape index (κ3) is 6.35. The van der Waals surface area contributed by atoms with Gasteiger partial charge in [-0.1, -0.05) is 0 Å². The number of benzene rings is 2. The molecule has 4 heterocycles. The molecule has 0 radical (unpaired) electrons. The molecule has 0 bridgehead atoms. The Hall–Kier alpha value is -3.28. The number of aryl methyl sites for hydroxylation is 1. The largest absolute Gasteiger partial charge is 0.507 e. The zero-order chi connectivity index (χ0) is 26.4. The van der Waals surface area contributed by atoms with Gasteiger partial charge in [-0.3, -0.25) is 4.68 Å². The number of fused-ring (bicyclic) bond motifs is 2. The summed E-state index contributed by atoms with van der Waals surface area (Å²) in [5, 5.41) is 18.2. The topological polar surface area (TPSA) is 92.0 Å². The quantitative estimate of drug-likeness (QED) is 0.292. The first-order chi connectivity index (χ1) is 17.9. The molecular weight excluding hydrogens is 509 g/mol. The number of nitrogens with zero attached hydrogens (tertiary/aromatic N) is 6. The molecule has 1 aliphatic rings. The van der Waals surface area contributed by atoms with Crippen molar-refractivity contribution in [3.8, 4) is 16.9 Å². The molecule has 194 valence electrons. The molecule has 3 aromatic heterocycles. The maximum absolute atomic E-state index is 14.8. The molecule has 0 saturated carbocycles. The van der Waals surface area contributed by atoms with Gasteiger partial charge in [-0.05, 0) is 75.3 Å². The molecule has 1 saturated heterocycles. The van der Waals surface area contributed by atoms with Crippen LogP contribution < -0.4 is 5.32 Å². The van der Waals surface area contributed by atoms with E-state index in [2.05, 4.69) is 37.3 Å². The van der Waals surface area contributed by atoms with Crippen molar-refractivity contribution in [2.75, 3.05) is 38.0 Å². The second-order valence-electron chi connectivity index (χ2n) is 8.69. The highest BCUT2D eigenvalue weighted by molar-refractivity contribution is 7.97. The van der Waals surface area contributed by atoms with Crippen molar-refractivity contribution in [1.29, 1.82) is 0 Å². The zero-order valence-electron chi connectivity index (χ0n) is 21.3. The fourth-order valence-corrected chi connectivity index (χ4v) is 4.72. The van der Waals surface area contributed by atoms with Crippen LogP contribution in [0.5, 0.6) is 5.75 Å². The predicted molar refractivity (Wildman–Crippen MR) is 152 cm³/mol. The smallest absolute Gasteiger partial charge is 0.166 e. The van der Waals surface area contributed by atoms with E-state index in [1.165, 1.54) is 43.6 Å². The summed E-state index contributed by atoms with van der Waals surface area (Å²) < 4.78 is 16.9. The van der Waals surface area contributed by atoms with Gasteiger partial charge in [0.2, 0.25) is 0 Å². The van der Waals surface area contributed by atoms with Gasteiger partial charge in [0.05, 0.1) is 38.5 Å². The molecule has 5 aromatic rings. The maximum Gasteiger partial charge on any atom is 0.166 e. The van der Waals surface area contributed by atoms with Crippen molar-refractivity contribution in [3.05, 3.63) is 54.3 Å². The minimum Gasteiger partial charge on any atom is -0.507 e. The Labute approximate surface area is 223 Å². The van der Waals surface area contributed by atoms with Gasteiger partial charge >= 0.3 is 0 Å². The summed E-state index contributed by atoms with van der Waals surface area (Å²) in [4.78, 5) is 14.9. The fraction of sp³-hybridized carbons (Fsp3) is 0.308. The maximum atomic E-state index is 14.8. The summed E-state index contributed by atoms with van der Waals surface area (Å²) >= 11 is 2.98. The SMILES string of the molecule is CN1CCCC1.CSC.Cn1cc(-c2cc(O)c3c(Nc4ccc5ncsc5c4F)ncnc3c2)cn1. The molecule has 1 aliphatic heterocycles. The first-order valence-corrected chi connectivity index (χ1v) is 14.3. The molecule has 1 fully saturated rings. The molecule has 6 rings (SSSR count). The highest BCUT2D eigenvalue weighted by atomic mass is 32.2. The summed E-state index contributed by atoms with van der Waals surface area (Å²) in [6, 6.07) is 6.80. The number of hydrogen-bond acceptors (Lipinski definition) is 9. The van der Waals surface area contributed by atoms with Crippen LogP contribution in [0.3, 0.4) is 0 Å². The van der Waals surface area contributed by atoms with Crippen LogP contribution in [0.1, 0.15) is 12.8 Å². The normalized spacial score (nSPS) is 13.2. The van der Waals surface area contributed by atoms with Crippen LogP contribution in [0.4, 0.5) is 15.9 Å². The first kappa shape index (κ1) is 26.8. The van der Waals surface area contributed by atoms with Gasteiger partial charge in [-0.25, -0.2) is 19.3 Å². The second kappa shape index (κ2) is 12.3. The number of rotatable bonds is 3. The number of anilines is 2. The van der Waals surface area contributed by atoms with E-state index in [1.807, 2.05) is 31.8 Å².